The van der Waals surface area contributed by atoms with Gasteiger partial charge in [-0.05, 0) is 37.1 Å². The Balaban J connectivity index is 1.62. The number of hydrogen-bond acceptors (Lipinski definition) is 5. The Hall–Kier alpha value is -3.09. The van der Waals surface area contributed by atoms with E-state index in [-0.39, 0.29) is 11.8 Å². The number of hydrogen-bond donors (Lipinski definition) is 1. The number of fused-ring (bicyclic) bond motifs is 1. The first-order valence-corrected chi connectivity index (χ1v) is 8.95. The van der Waals surface area contributed by atoms with Crippen LogP contribution < -0.4 is 14.8 Å². The number of ether oxygens (including phenoxy) is 2. The van der Waals surface area contributed by atoms with Crippen molar-refractivity contribution in [2.24, 2.45) is 0 Å². The van der Waals surface area contributed by atoms with Gasteiger partial charge in [0.05, 0.1) is 25.8 Å². The number of carbonyl (C=O) groups excluding carboxylic acids is 2. The van der Waals surface area contributed by atoms with Gasteiger partial charge in [0.2, 0.25) is 0 Å². The average Bonchev–Trinajstić information content (AvgIpc) is 2.84. The molecule has 3 heterocycles. The predicted octanol–water partition coefficient (Wildman–Crippen LogP) is 1.89. The number of pyridine rings is 1. The van der Waals surface area contributed by atoms with Crippen molar-refractivity contribution in [2.75, 3.05) is 26.7 Å². The average molecular weight is 367 g/mol. The monoisotopic (exact) mass is 367 g/mol. The van der Waals surface area contributed by atoms with Crippen molar-refractivity contribution in [3.05, 3.63) is 53.9 Å². The van der Waals surface area contributed by atoms with E-state index in [1.165, 1.54) is 0 Å². The molecule has 0 aliphatic carbocycles. The first-order chi connectivity index (χ1) is 13.1. The Labute approximate surface area is 157 Å². The SMILES string of the molecule is COc1ccc2c(c1)O[C@]1(CCCN(C(=O)c3ccncc3)C1)CNC2=O. The molecule has 0 unspecified atom stereocenters. The number of aromatic nitrogens is 1. The largest absolute Gasteiger partial charge is 0.497 e. The lowest BCUT2D eigenvalue weighted by molar-refractivity contribution is -0.000960. The van der Waals surface area contributed by atoms with Gasteiger partial charge in [-0.2, -0.15) is 0 Å². The number of methoxy groups -OCH3 is 1. The Morgan fingerprint density at radius 1 is 1.30 bits per heavy atom. The van der Waals surface area contributed by atoms with E-state index in [9.17, 15) is 9.59 Å². The molecule has 1 spiro atoms. The third-order valence-corrected chi connectivity index (χ3v) is 5.08. The van der Waals surface area contributed by atoms with E-state index in [1.807, 2.05) is 0 Å². The lowest BCUT2D eigenvalue weighted by Crippen LogP contribution is -2.57. The number of likely N-dealkylation sites (tertiary alicyclic amines) is 1. The lowest BCUT2D eigenvalue weighted by Gasteiger charge is -2.42. The quantitative estimate of drug-likeness (QED) is 0.877. The van der Waals surface area contributed by atoms with Crippen LogP contribution in [0.5, 0.6) is 11.5 Å². The summed E-state index contributed by atoms with van der Waals surface area (Å²) >= 11 is 0. The molecule has 2 aromatic rings. The van der Waals surface area contributed by atoms with Gasteiger partial charge < -0.3 is 19.7 Å². The highest BCUT2D eigenvalue weighted by atomic mass is 16.5. The van der Waals surface area contributed by atoms with E-state index >= 15 is 0 Å². The summed E-state index contributed by atoms with van der Waals surface area (Å²) in [7, 11) is 1.57. The van der Waals surface area contributed by atoms with Crippen LogP contribution in [0.4, 0.5) is 0 Å². The fourth-order valence-electron chi connectivity index (χ4n) is 3.68. The van der Waals surface area contributed by atoms with Crippen LogP contribution in [0.25, 0.3) is 0 Å². The second-order valence-electron chi connectivity index (χ2n) is 6.90. The Kier molecular flexibility index (Phi) is 4.43. The minimum Gasteiger partial charge on any atom is -0.497 e. The normalized spacial score (nSPS) is 21.7. The number of carbonyl (C=O) groups is 2. The van der Waals surface area contributed by atoms with Crippen molar-refractivity contribution in [3.63, 3.8) is 0 Å². The maximum Gasteiger partial charge on any atom is 0.255 e. The summed E-state index contributed by atoms with van der Waals surface area (Å²) in [5.41, 5.74) is 0.417. The zero-order valence-corrected chi connectivity index (χ0v) is 15.1. The molecule has 27 heavy (non-hydrogen) atoms. The molecule has 1 N–H and O–H groups in total. The van der Waals surface area contributed by atoms with Crippen molar-refractivity contribution in [1.29, 1.82) is 0 Å². The van der Waals surface area contributed by atoms with Crippen LogP contribution in [-0.2, 0) is 0 Å². The summed E-state index contributed by atoms with van der Waals surface area (Å²) in [4.78, 5) is 31.1. The molecule has 140 valence electrons. The Morgan fingerprint density at radius 2 is 2.11 bits per heavy atom. The predicted molar refractivity (Wildman–Crippen MR) is 98.1 cm³/mol. The third-order valence-electron chi connectivity index (χ3n) is 5.08. The van der Waals surface area contributed by atoms with Gasteiger partial charge in [-0.3, -0.25) is 14.6 Å². The molecule has 0 saturated carbocycles. The fraction of sp³-hybridized carbons (Fsp3) is 0.350. The maximum absolute atomic E-state index is 12.9. The van der Waals surface area contributed by atoms with Crippen LogP contribution in [-0.4, -0.2) is 54.0 Å². The summed E-state index contributed by atoms with van der Waals surface area (Å²) in [5, 5.41) is 2.95. The molecule has 7 nitrogen and oxygen atoms in total. The van der Waals surface area contributed by atoms with E-state index in [2.05, 4.69) is 10.3 Å². The van der Waals surface area contributed by atoms with Gasteiger partial charge in [0.1, 0.15) is 17.1 Å². The molecular formula is C20H21N3O4. The zero-order chi connectivity index (χ0) is 18.9. The summed E-state index contributed by atoms with van der Waals surface area (Å²) < 4.78 is 11.6. The Bertz CT molecular complexity index is 871. The number of piperidine rings is 1. The van der Waals surface area contributed by atoms with Gasteiger partial charge in [-0.25, -0.2) is 0 Å². The third kappa shape index (κ3) is 3.32. The van der Waals surface area contributed by atoms with Crippen molar-refractivity contribution < 1.29 is 19.1 Å². The van der Waals surface area contributed by atoms with Crippen LogP contribution in [0, 0.1) is 0 Å². The molecule has 1 fully saturated rings. The van der Waals surface area contributed by atoms with Crippen molar-refractivity contribution in [3.8, 4) is 11.5 Å². The van der Waals surface area contributed by atoms with Crippen LogP contribution in [0.1, 0.15) is 33.6 Å². The molecule has 1 aromatic carbocycles. The van der Waals surface area contributed by atoms with Crippen LogP contribution in [0.3, 0.4) is 0 Å². The van der Waals surface area contributed by atoms with E-state index in [1.54, 1.807) is 54.7 Å². The van der Waals surface area contributed by atoms with Gasteiger partial charge in [0.15, 0.2) is 0 Å². The smallest absolute Gasteiger partial charge is 0.255 e. The summed E-state index contributed by atoms with van der Waals surface area (Å²) in [6, 6.07) is 8.58. The summed E-state index contributed by atoms with van der Waals surface area (Å²) in [6.07, 6.45) is 4.77. The van der Waals surface area contributed by atoms with Crippen molar-refractivity contribution in [2.45, 2.75) is 18.4 Å². The second-order valence-corrected chi connectivity index (χ2v) is 6.90. The van der Waals surface area contributed by atoms with E-state index in [0.29, 0.717) is 42.3 Å². The number of nitrogens with one attached hydrogen (secondary N) is 1. The second kappa shape index (κ2) is 6.90. The minimum atomic E-state index is -0.659. The van der Waals surface area contributed by atoms with E-state index < -0.39 is 5.60 Å². The zero-order valence-electron chi connectivity index (χ0n) is 15.1. The van der Waals surface area contributed by atoms with Gasteiger partial charge in [-0.1, -0.05) is 0 Å². The minimum absolute atomic E-state index is 0.0542. The molecule has 1 aromatic heterocycles. The number of amides is 2. The topological polar surface area (TPSA) is 80.8 Å². The van der Waals surface area contributed by atoms with Crippen molar-refractivity contribution in [1.82, 2.24) is 15.2 Å². The van der Waals surface area contributed by atoms with Gasteiger partial charge in [0.25, 0.3) is 11.8 Å². The molecule has 7 heteroatoms. The molecule has 4 rings (SSSR count). The highest BCUT2D eigenvalue weighted by Crippen LogP contribution is 2.34. The van der Waals surface area contributed by atoms with E-state index in [4.69, 9.17) is 9.47 Å². The molecule has 2 aliphatic heterocycles. The summed E-state index contributed by atoms with van der Waals surface area (Å²) in [6.45, 7) is 1.42. The van der Waals surface area contributed by atoms with Crippen LogP contribution in [0.2, 0.25) is 0 Å². The van der Waals surface area contributed by atoms with Crippen molar-refractivity contribution >= 4 is 11.8 Å². The first-order valence-electron chi connectivity index (χ1n) is 8.95. The fourth-order valence-corrected chi connectivity index (χ4v) is 3.68. The molecule has 1 saturated heterocycles. The standard InChI is InChI=1S/C20H21N3O4/c1-26-15-3-4-16-17(11-15)27-20(12-22-18(16)24)7-2-10-23(13-20)19(25)14-5-8-21-9-6-14/h3-6,8-9,11H,2,7,10,12-13H2,1H3,(H,22,24)/t20-/m1/s1. The van der Waals surface area contributed by atoms with Crippen LogP contribution >= 0.6 is 0 Å². The molecule has 2 amide bonds. The molecule has 2 aliphatic rings. The number of rotatable bonds is 2. The number of benzene rings is 1. The molecule has 0 radical (unpaired) electrons. The summed E-state index contributed by atoms with van der Waals surface area (Å²) in [5.74, 6) is 0.880. The number of nitrogens with zero attached hydrogens (tertiary/aromatic N) is 2. The van der Waals surface area contributed by atoms with Gasteiger partial charge >= 0.3 is 0 Å². The Morgan fingerprint density at radius 3 is 2.89 bits per heavy atom. The molecule has 1 atom stereocenters. The molecule has 0 bridgehead atoms. The highest BCUT2D eigenvalue weighted by molar-refractivity contribution is 5.97. The van der Waals surface area contributed by atoms with Crippen LogP contribution in [0.15, 0.2) is 42.7 Å². The van der Waals surface area contributed by atoms with Gasteiger partial charge in [-0.15, -0.1) is 0 Å². The maximum atomic E-state index is 12.9. The first kappa shape index (κ1) is 17.3. The molecular weight excluding hydrogens is 346 g/mol. The van der Waals surface area contributed by atoms with E-state index in [0.717, 1.165) is 12.8 Å². The highest BCUT2D eigenvalue weighted by Gasteiger charge is 2.42. The lowest BCUT2D eigenvalue weighted by atomic mass is 9.92. The van der Waals surface area contributed by atoms with Gasteiger partial charge in [0, 0.05) is 30.6 Å².